The molecule has 1 aliphatic rings. The number of nitrogens with zero attached hydrogens (tertiary/aromatic N) is 2. The molecule has 2 atom stereocenters. The van der Waals surface area contributed by atoms with Gasteiger partial charge in [-0.1, -0.05) is 59.1 Å². The molecule has 1 saturated heterocycles. The highest BCUT2D eigenvalue weighted by molar-refractivity contribution is 5.97. The number of hydrogen-bond acceptors (Lipinski definition) is 3. The van der Waals surface area contributed by atoms with Crippen LogP contribution in [0.1, 0.15) is 82.6 Å². The van der Waals surface area contributed by atoms with Gasteiger partial charge in [0.2, 0.25) is 5.91 Å². The number of carbonyl (C=O) groups is 3. The molecule has 0 bridgehead atoms. The van der Waals surface area contributed by atoms with Crippen LogP contribution in [0.5, 0.6) is 0 Å². The number of benzene rings is 1. The standard InChI is InChI=1S/C27H44N4O3/c1-6-8-10-11-22-12-14-23(15-13-22)25(32)29-24(20(3)4)26(33)30-17-18-31(21(5)19-30)27(34)28-16-9-7-2/h12-15,20-21,24H,6-11,16-19H2,1-5H3,(H,28,34)(H,29,32). The Morgan fingerprint density at radius 3 is 2.26 bits per heavy atom. The molecule has 0 aliphatic carbocycles. The highest BCUT2D eigenvalue weighted by atomic mass is 16.2. The van der Waals surface area contributed by atoms with E-state index in [9.17, 15) is 14.4 Å². The van der Waals surface area contributed by atoms with Crippen molar-refractivity contribution in [1.29, 1.82) is 0 Å². The highest BCUT2D eigenvalue weighted by Crippen LogP contribution is 2.15. The zero-order valence-electron chi connectivity index (χ0n) is 21.7. The number of piperazine rings is 1. The largest absolute Gasteiger partial charge is 0.340 e. The van der Waals surface area contributed by atoms with Crippen molar-refractivity contribution < 1.29 is 14.4 Å². The minimum atomic E-state index is -0.603. The molecule has 7 nitrogen and oxygen atoms in total. The van der Waals surface area contributed by atoms with Gasteiger partial charge >= 0.3 is 6.03 Å². The van der Waals surface area contributed by atoms with Crippen LogP contribution >= 0.6 is 0 Å². The molecule has 1 fully saturated rings. The molecule has 1 heterocycles. The average Bonchev–Trinajstić information content (AvgIpc) is 2.82. The van der Waals surface area contributed by atoms with Gasteiger partial charge in [-0.25, -0.2) is 4.79 Å². The summed E-state index contributed by atoms with van der Waals surface area (Å²) in [6, 6.07) is 6.94. The van der Waals surface area contributed by atoms with Crippen LogP contribution in [0, 0.1) is 5.92 Å². The maximum atomic E-state index is 13.3. The maximum Gasteiger partial charge on any atom is 0.317 e. The number of urea groups is 1. The Hall–Kier alpha value is -2.57. The van der Waals surface area contributed by atoms with E-state index in [1.54, 1.807) is 9.80 Å². The van der Waals surface area contributed by atoms with Gasteiger partial charge in [-0.3, -0.25) is 9.59 Å². The molecule has 4 amide bonds. The predicted octanol–water partition coefficient (Wildman–Crippen LogP) is 4.22. The van der Waals surface area contributed by atoms with Crippen LogP contribution in [0.4, 0.5) is 4.79 Å². The molecule has 1 aromatic rings. The molecule has 190 valence electrons. The fraction of sp³-hybridized carbons (Fsp3) is 0.667. The predicted molar refractivity (Wildman–Crippen MR) is 137 cm³/mol. The third kappa shape index (κ3) is 8.03. The minimum Gasteiger partial charge on any atom is -0.340 e. The molecule has 2 unspecified atom stereocenters. The zero-order valence-corrected chi connectivity index (χ0v) is 21.7. The van der Waals surface area contributed by atoms with Gasteiger partial charge in [0.15, 0.2) is 0 Å². The van der Waals surface area contributed by atoms with Crippen LogP contribution < -0.4 is 10.6 Å². The summed E-state index contributed by atoms with van der Waals surface area (Å²) in [6.07, 6.45) is 6.54. The number of aryl methyl sites for hydroxylation is 1. The fourth-order valence-electron chi connectivity index (χ4n) is 4.27. The normalized spacial score (nSPS) is 16.9. The molecule has 1 aromatic carbocycles. The summed E-state index contributed by atoms with van der Waals surface area (Å²) in [5.74, 6) is -0.359. The summed E-state index contributed by atoms with van der Waals surface area (Å²) >= 11 is 0. The smallest absolute Gasteiger partial charge is 0.317 e. The molecule has 1 aliphatic heterocycles. The van der Waals surface area contributed by atoms with Gasteiger partial charge in [0.1, 0.15) is 6.04 Å². The van der Waals surface area contributed by atoms with Crippen molar-refractivity contribution in [3.8, 4) is 0 Å². The van der Waals surface area contributed by atoms with E-state index in [4.69, 9.17) is 0 Å². The number of rotatable bonds is 11. The van der Waals surface area contributed by atoms with Gasteiger partial charge in [-0.2, -0.15) is 0 Å². The maximum absolute atomic E-state index is 13.3. The van der Waals surface area contributed by atoms with Gasteiger partial charge < -0.3 is 20.4 Å². The Morgan fingerprint density at radius 2 is 1.68 bits per heavy atom. The average molecular weight is 473 g/mol. The summed E-state index contributed by atoms with van der Waals surface area (Å²) < 4.78 is 0. The van der Waals surface area contributed by atoms with Crippen LogP contribution in [0.25, 0.3) is 0 Å². The lowest BCUT2D eigenvalue weighted by Gasteiger charge is -2.41. The van der Waals surface area contributed by atoms with Crippen LogP contribution in [-0.4, -0.2) is 65.9 Å². The fourth-order valence-corrected chi connectivity index (χ4v) is 4.27. The number of amides is 4. The van der Waals surface area contributed by atoms with Gasteiger partial charge in [-0.05, 0) is 49.8 Å². The summed E-state index contributed by atoms with van der Waals surface area (Å²) in [5.41, 5.74) is 1.80. The van der Waals surface area contributed by atoms with Crippen LogP contribution in [0.3, 0.4) is 0 Å². The van der Waals surface area contributed by atoms with Crippen molar-refractivity contribution in [3.63, 3.8) is 0 Å². The molecule has 0 radical (unpaired) electrons. The van der Waals surface area contributed by atoms with Crippen molar-refractivity contribution in [2.24, 2.45) is 5.92 Å². The monoisotopic (exact) mass is 472 g/mol. The second-order valence-electron chi connectivity index (χ2n) is 9.76. The van der Waals surface area contributed by atoms with Crippen LogP contribution in [-0.2, 0) is 11.2 Å². The summed E-state index contributed by atoms with van der Waals surface area (Å²) in [5, 5.41) is 5.92. The van der Waals surface area contributed by atoms with E-state index in [0.717, 1.165) is 25.7 Å². The second kappa shape index (κ2) is 14.0. The lowest BCUT2D eigenvalue weighted by Crippen LogP contribution is -2.61. The summed E-state index contributed by atoms with van der Waals surface area (Å²) in [7, 11) is 0. The van der Waals surface area contributed by atoms with E-state index < -0.39 is 6.04 Å². The molecule has 34 heavy (non-hydrogen) atoms. The van der Waals surface area contributed by atoms with Gasteiger partial charge in [0, 0.05) is 37.8 Å². The van der Waals surface area contributed by atoms with E-state index >= 15 is 0 Å². The van der Waals surface area contributed by atoms with E-state index in [1.807, 2.05) is 45.0 Å². The van der Waals surface area contributed by atoms with E-state index in [0.29, 0.717) is 31.7 Å². The molecular formula is C27H44N4O3. The van der Waals surface area contributed by atoms with Crippen LogP contribution in [0.15, 0.2) is 24.3 Å². The topological polar surface area (TPSA) is 81.8 Å². The van der Waals surface area contributed by atoms with Crippen molar-refractivity contribution in [1.82, 2.24) is 20.4 Å². The Kier molecular flexibility index (Phi) is 11.4. The minimum absolute atomic E-state index is 0.0459. The van der Waals surface area contributed by atoms with Crippen molar-refractivity contribution in [2.75, 3.05) is 26.2 Å². The number of unbranched alkanes of at least 4 members (excludes halogenated alkanes) is 3. The van der Waals surface area contributed by atoms with E-state index in [2.05, 4.69) is 24.5 Å². The van der Waals surface area contributed by atoms with Crippen molar-refractivity contribution in [3.05, 3.63) is 35.4 Å². The number of carbonyl (C=O) groups excluding carboxylic acids is 3. The van der Waals surface area contributed by atoms with Gasteiger partial charge in [0.25, 0.3) is 5.91 Å². The Balaban J connectivity index is 1.95. The van der Waals surface area contributed by atoms with E-state index in [1.165, 1.54) is 18.4 Å². The molecule has 0 spiro atoms. The lowest BCUT2D eigenvalue weighted by atomic mass is 10.0. The zero-order chi connectivity index (χ0) is 25.1. The highest BCUT2D eigenvalue weighted by Gasteiger charge is 2.34. The lowest BCUT2D eigenvalue weighted by molar-refractivity contribution is -0.136. The number of nitrogens with one attached hydrogen (secondary N) is 2. The molecule has 7 heteroatoms. The van der Waals surface area contributed by atoms with Crippen molar-refractivity contribution >= 4 is 17.8 Å². The SMILES string of the molecule is CCCCCc1ccc(C(=O)NC(C(=O)N2CCN(C(=O)NCCCC)C(C)C2)C(C)C)cc1. The van der Waals surface area contributed by atoms with Gasteiger partial charge in [-0.15, -0.1) is 0 Å². The molecule has 2 N–H and O–H groups in total. The number of hydrogen-bond donors (Lipinski definition) is 2. The van der Waals surface area contributed by atoms with Crippen molar-refractivity contribution in [2.45, 2.75) is 85.2 Å². The Bertz CT molecular complexity index is 794. The quantitative estimate of drug-likeness (QED) is 0.473. The first kappa shape index (κ1) is 27.7. The van der Waals surface area contributed by atoms with Crippen LogP contribution in [0.2, 0.25) is 0 Å². The molecule has 0 aromatic heterocycles. The summed E-state index contributed by atoms with van der Waals surface area (Å²) in [6.45, 7) is 12.2. The van der Waals surface area contributed by atoms with E-state index in [-0.39, 0.29) is 29.8 Å². The Labute approximate surface area is 205 Å². The first-order valence-electron chi connectivity index (χ1n) is 13.0. The Morgan fingerprint density at radius 1 is 1.00 bits per heavy atom. The van der Waals surface area contributed by atoms with Gasteiger partial charge in [0.05, 0.1) is 0 Å². The molecule has 2 rings (SSSR count). The third-order valence-electron chi connectivity index (χ3n) is 6.51. The summed E-state index contributed by atoms with van der Waals surface area (Å²) in [4.78, 5) is 42.3. The third-order valence-corrected chi connectivity index (χ3v) is 6.51. The second-order valence-corrected chi connectivity index (χ2v) is 9.76. The molecule has 0 saturated carbocycles. The first-order chi connectivity index (χ1) is 16.3. The molecular weight excluding hydrogens is 428 g/mol. The first-order valence-corrected chi connectivity index (χ1v) is 13.0.